The second kappa shape index (κ2) is 7.05. The summed E-state index contributed by atoms with van der Waals surface area (Å²) in [4.78, 5) is 24.5. The molecular weight excluding hydrogens is 384 g/mol. The molecule has 0 fully saturated rings. The summed E-state index contributed by atoms with van der Waals surface area (Å²) in [5.41, 5.74) is 0.661. The average Bonchev–Trinajstić information content (AvgIpc) is 3.34. The van der Waals surface area contributed by atoms with Gasteiger partial charge in [0.1, 0.15) is 5.75 Å². The molecular formula is C19H15ClN4O4. The number of tetrazole rings is 1. The highest BCUT2D eigenvalue weighted by atomic mass is 35.5. The maximum atomic E-state index is 13.3. The molecule has 9 heteroatoms. The van der Waals surface area contributed by atoms with Crippen molar-refractivity contribution in [2.75, 3.05) is 0 Å². The minimum Gasteiger partial charge on any atom is -0.481 e. The monoisotopic (exact) mass is 398 g/mol. The number of carbonyl (C=O) groups excluding carboxylic acids is 1. The van der Waals surface area contributed by atoms with Crippen molar-refractivity contribution < 1.29 is 19.4 Å². The molecule has 0 spiro atoms. The van der Waals surface area contributed by atoms with Gasteiger partial charge >= 0.3 is 5.97 Å². The Morgan fingerprint density at radius 3 is 2.68 bits per heavy atom. The second-order valence-corrected chi connectivity index (χ2v) is 7.00. The number of aliphatic carboxylic acids is 1. The summed E-state index contributed by atoms with van der Waals surface area (Å²) in [5.74, 6) is -0.341. The molecule has 0 bridgehead atoms. The van der Waals surface area contributed by atoms with Crippen molar-refractivity contribution in [2.45, 2.75) is 24.9 Å². The van der Waals surface area contributed by atoms with Gasteiger partial charge in [0.2, 0.25) is 11.6 Å². The van der Waals surface area contributed by atoms with E-state index in [1.165, 1.54) is 0 Å². The molecule has 0 saturated heterocycles. The highest BCUT2D eigenvalue weighted by Crippen LogP contribution is 2.41. The topological polar surface area (TPSA) is 118 Å². The van der Waals surface area contributed by atoms with E-state index in [1.54, 1.807) is 42.5 Å². The molecule has 0 amide bonds. The minimum absolute atomic E-state index is 0.0556. The lowest BCUT2D eigenvalue weighted by Gasteiger charge is -2.27. The number of hydrogen-bond acceptors (Lipinski definition) is 6. The first-order chi connectivity index (χ1) is 13.5. The lowest BCUT2D eigenvalue weighted by molar-refractivity contribution is -0.137. The number of carboxylic acids is 1. The van der Waals surface area contributed by atoms with Crippen molar-refractivity contribution in [2.24, 2.45) is 0 Å². The van der Waals surface area contributed by atoms with Gasteiger partial charge in [0.15, 0.2) is 5.60 Å². The van der Waals surface area contributed by atoms with Crippen LogP contribution >= 0.6 is 11.6 Å². The number of halogens is 1. The fourth-order valence-electron chi connectivity index (χ4n) is 3.33. The Morgan fingerprint density at radius 1 is 1.21 bits per heavy atom. The summed E-state index contributed by atoms with van der Waals surface area (Å²) in [6.07, 6.45) is 0.159. The summed E-state index contributed by atoms with van der Waals surface area (Å²) < 4.78 is 6.01. The number of H-pyrrole nitrogens is 1. The standard InChI is InChI=1S/C19H15ClN4O4/c20-14-6-5-13-10-19(8-7-16(25)26,28-15(13)9-14)17(27)11-1-3-12(4-2-11)18-21-23-24-22-18/h1-6,9H,7-8,10H2,(H,25,26)(H,21,22,23,24). The number of benzene rings is 2. The predicted octanol–water partition coefficient (Wildman–Crippen LogP) is 2.94. The Balaban J connectivity index is 1.65. The molecule has 0 saturated carbocycles. The number of nitrogens with zero attached hydrogens (tertiary/aromatic N) is 3. The summed E-state index contributed by atoms with van der Waals surface area (Å²) in [6, 6.07) is 11.9. The number of rotatable bonds is 6. The quantitative estimate of drug-likeness (QED) is 0.613. The number of fused-ring (bicyclic) bond motifs is 1. The van der Waals surface area contributed by atoms with Gasteiger partial charge in [0.05, 0.1) is 0 Å². The van der Waals surface area contributed by atoms with Crippen LogP contribution in [-0.4, -0.2) is 43.1 Å². The Bertz CT molecular complexity index is 1040. The number of hydrogen-bond donors (Lipinski definition) is 2. The Labute approximate surface area is 164 Å². The van der Waals surface area contributed by atoms with Gasteiger partial charge in [-0.25, -0.2) is 0 Å². The normalized spacial score (nSPS) is 17.8. The number of carboxylic acid groups (broad SMARTS) is 1. The third kappa shape index (κ3) is 3.34. The zero-order valence-electron chi connectivity index (χ0n) is 14.6. The zero-order valence-corrected chi connectivity index (χ0v) is 15.3. The molecule has 28 heavy (non-hydrogen) atoms. The maximum Gasteiger partial charge on any atom is 0.303 e. The molecule has 0 aliphatic carbocycles. The molecule has 2 heterocycles. The molecule has 2 aromatic carbocycles. The lowest BCUT2D eigenvalue weighted by atomic mass is 9.84. The van der Waals surface area contributed by atoms with Gasteiger partial charge in [-0.15, -0.1) is 10.2 Å². The Hall–Kier alpha value is -3.26. The van der Waals surface area contributed by atoms with Crippen LogP contribution in [0.3, 0.4) is 0 Å². The number of aromatic nitrogens is 4. The second-order valence-electron chi connectivity index (χ2n) is 6.56. The molecule has 8 nitrogen and oxygen atoms in total. The molecule has 0 radical (unpaired) electrons. The van der Waals surface area contributed by atoms with Crippen LogP contribution in [0.1, 0.15) is 28.8 Å². The van der Waals surface area contributed by atoms with Crippen LogP contribution < -0.4 is 4.74 Å². The Kier molecular flexibility index (Phi) is 4.56. The lowest BCUT2D eigenvalue weighted by Crippen LogP contribution is -2.44. The minimum atomic E-state index is -1.28. The zero-order chi connectivity index (χ0) is 19.7. The molecule has 1 aromatic heterocycles. The molecule has 1 aliphatic heterocycles. The van der Waals surface area contributed by atoms with E-state index in [0.717, 1.165) is 5.56 Å². The van der Waals surface area contributed by atoms with Gasteiger partial charge in [-0.1, -0.05) is 41.9 Å². The highest BCUT2D eigenvalue weighted by Gasteiger charge is 2.46. The van der Waals surface area contributed by atoms with E-state index in [1.807, 2.05) is 0 Å². The van der Waals surface area contributed by atoms with Crippen LogP contribution in [0, 0.1) is 0 Å². The fourth-order valence-corrected chi connectivity index (χ4v) is 3.49. The number of ketones is 1. The maximum absolute atomic E-state index is 13.3. The van der Waals surface area contributed by atoms with Gasteiger partial charge in [0.25, 0.3) is 0 Å². The van der Waals surface area contributed by atoms with Crippen LogP contribution in [0.15, 0.2) is 42.5 Å². The summed E-state index contributed by atoms with van der Waals surface area (Å²) in [6.45, 7) is 0. The molecule has 1 aliphatic rings. The summed E-state index contributed by atoms with van der Waals surface area (Å²) in [5, 5.41) is 23.3. The largest absolute Gasteiger partial charge is 0.481 e. The van der Waals surface area contributed by atoms with Crippen LogP contribution in [0.25, 0.3) is 11.4 Å². The number of nitrogens with one attached hydrogen (secondary N) is 1. The SMILES string of the molecule is O=C(O)CCC1(C(=O)c2ccc(-c3nn[nH]n3)cc2)Cc2ccc(Cl)cc2O1. The molecule has 3 aromatic rings. The van der Waals surface area contributed by atoms with Crippen LogP contribution in [0.5, 0.6) is 5.75 Å². The van der Waals surface area contributed by atoms with Crippen molar-refractivity contribution in [1.29, 1.82) is 0 Å². The number of Topliss-reactive ketones (excluding diaryl/α,β-unsaturated/α-hetero) is 1. The fraction of sp³-hybridized carbons (Fsp3) is 0.211. The molecule has 1 unspecified atom stereocenters. The molecule has 4 rings (SSSR count). The van der Waals surface area contributed by atoms with Crippen molar-refractivity contribution in [3.05, 3.63) is 58.6 Å². The predicted molar refractivity (Wildman–Crippen MR) is 99.3 cm³/mol. The van der Waals surface area contributed by atoms with E-state index in [0.29, 0.717) is 27.7 Å². The number of ether oxygens (including phenoxy) is 1. The van der Waals surface area contributed by atoms with Crippen molar-refractivity contribution in [3.63, 3.8) is 0 Å². The van der Waals surface area contributed by atoms with Gasteiger partial charge in [-0.2, -0.15) is 5.21 Å². The van der Waals surface area contributed by atoms with E-state index in [2.05, 4.69) is 20.6 Å². The van der Waals surface area contributed by atoms with E-state index in [4.69, 9.17) is 21.4 Å². The average molecular weight is 399 g/mol. The van der Waals surface area contributed by atoms with Crippen molar-refractivity contribution in [1.82, 2.24) is 20.6 Å². The third-order valence-electron chi connectivity index (χ3n) is 4.72. The van der Waals surface area contributed by atoms with E-state index < -0.39 is 11.6 Å². The summed E-state index contributed by atoms with van der Waals surface area (Å²) in [7, 11) is 0. The number of carbonyl (C=O) groups is 2. The van der Waals surface area contributed by atoms with Gasteiger partial charge in [-0.05, 0) is 22.9 Å². The van der Waals surface area contributed by atoms with Gasteiger partial charge in [-0.3, -0.25) is 9.59 Å². The molecule has 1 atom stereocenters. The first kappa shape index (κ1) is 18.1. The van der Waals surface area contributed by atoms with Crippen LogP contribution in [0.4, 0.5) is 0 Å². The first-order valence-corrected chi connectivity index (χ1v) is 8.93. The van der Waals surface area contributed by atoms with Gasteiger partial charge in [0, 0.05) is 35.4 Å². The van der Waals surface area contributed by atoms with E-state index in [-0.39, 0.29) is 25.0 Å². The highest BCUT2D eigenvalue weighted by molar-refractivity contribution is 6.30. The first-order valence-electron chi connectivity index (χ1n) is 8.55. The van der Waals surface area contributed by atoms with E-state index in [9.17, 15) is 9.59 Å². The molecule has 2 N–H and O–H groups in total. The van der Waals surface area contributed by atoms with Crippen molar-refractivity contribution >= 4 is 23.4 Å². The van der Waals surface area contributed by atoms with E-state index >= 15 is 0 Å². The third-order valence-corrected chi connectivity index (χ3v) is 4.95. The Morgan fingerprint density at radius 2 is 2.00 bits per heavy atom. The van der Waals surface area contributed by atoms with Crippen LogP contribution in [-0.2, 0) is 11.2 Å². The van der Waals surface area contributed by atoms with Crippen molar-refractivity contribution in [3.8, 4) is 17.1 Å². The summed E-state index contributed by atoms with van der Waals surface area (Å²) >= 11 is 6.03. The van der Waals surface area contributed by atoms with Crippen LogP contribution in [0.2, 0.25) is 5.02 Å². The van der Waals surface area contributed by atoms with Gasteiger partial charge < -0.3 is 9.84 Å². The molecule has 142 valence electrons. The number of aromatic amines is 1. The smallest absolute Gasteiger partial charge is 0.303 e.